The molecule has 0 unspecified atom stereocenters. The van der Waals surface area contributed by atoms with Crippen LogP contribution in [0.15, 0.2) is 0 Å². The Kier molecular flexibility index (Phi) is 15.2. The molecule has 0 rings (SSSR count). The zero-order valence-electron chi connectivity index (χ0n) is 7.75. The molecule has 0 heterocycles. The molecule has 0 aromatic heterocycles. The molecule has 0 bridgehead atoms. The van der Waals surface area contributed by atoms with Gasteiger partial charge in [-0.1, -0.05) is 26.7 Å². The zero-order chi connectivity index (χ0) is 9.82. The van der Waals surface area contributed by atoms with Crippen molar-refractivity contribution < 1.29 is 8.42 Å². The van der Waals surface area contributed by atoms with Crippen molar-refractivity contribution in [3.8, 4) is 6.07 Å². The van der Waals surface area contributed by atoms with E-state index in [1.807, 2.05) is 0 Å². The molecule has 0 aromatic rings. The fourth-order valence-corrected chi connectivity index (χ4v) is 0.454. The molecular formula is C8H17NO2S. The minimum atomic E-state index is -2.10. The molecule has 0 fully saturated rings. The third kappa shape index (κ3) is 22.7. The number of nitriles is 1. The van der Waals surface area contributed by atoms with E-state index in [-0.39, 0.29) is 5.75 Å². The third-order valence-electron chi connectivity index (χ3n) is 1.15. The second kappa shape index (κ2) is 13.1. The van der Waals surface area contributed by atoms with Gasteiger partial charge in [0.25, 0.3) is 0 Å². The van der Waals surface area contributed by atoms with Crippen LogP contribution in [0.3, 0.4) is 0 Å². The van der Waals surface area contributed by atoms with E-state index in [1.165, 1.54) is 12.8 Å². The number of nitrogens with zero attached hydrogens (tertiary/aromatic N) is 1. The van der Waals surface area contributed by atoms with E-state index < -0.39 is 10.7 Å². The standard InChI is InChI=1S/C6H11N.C2H6O2S/c1-2-3-4-5-6-7;1-2-5(3)4/h2-5H2,1H3;5H,2H2,1H3. The molecule has 0 radical (unpaired) electrons. The maximum atomic E-state index is 9.41. The summed E-state index contributed by atoms with van der Waals surface area (Å²) in [7, 11) is -2.10. The molecule has 72 valence electrons. The first-order valence-electron chi connectivity index (χ1n) is 4.17. The van der Waals surface area contributed by atoms with Crippen molar-refractivity contribution in [3.63, 3.8) is 0 Å². The van der Waals surface area contributed by atoms with Gasteiger partial charge in [0.05, 0.1) is 6.07 Å². The van der Waals surface area contributed by atoms with Crippen molar-refractivity contribution in [2.45, 2.75) is 39.5 Å². The molecule has 0 spiro atoms. The summed E-state index contributed by atoms with van der Waals surface area (Å²) < 4.78 is 18.8. The Hall–Kier alpha value is -0.560. The Bertz CT molecular complexity index is 174. The van der Waals surface area contributed by atoms with Crippen LogP contribution in [0.5, 0.6) is 0 Å². The number of unbranched alkanes of at least 4 members (excludes halogenated alkanes) is 3. The zero-order valence-corrected chi connectivity index (χ0v) is 8.64. The lowest BCUT2D eigenvalue weighted by Crippen LogP contribution is -1.73. The van der Waals surface area contributed by atoms with E-state index in [2.05, 4.69) is 13.0 Å². The van der Waals surface area contributed by atoms with Gasteiger partial charge in [0.15, 0.2) is 0 Å². The average Bonchev–Trinajstić information content (AvgIpc) is 2.07. The van der Waals surface area contributed by atoms with Crippen molar-refractivity contribution in [2.24, 2.45) is 0 Å². The Labute approximate surface area is 76.3 Å². The van der Waals surface area contributed by atoms with Crippen LogP contribution in [0.1, 0.15) is 39.5 Å². The predicted molar refractivity (Wildman–Crippen MR) is 50.6 cm³/mol. The van der Waals surface area contributed by atoms with E-state index in [0.29, 0.717) is 0 Å². The summed E-state index contributed by atoms with van der Waals surface area (Å²) in [6, 6.07) is 2.10. The third-order valence-corrected chi connectivity index (χ3v) is 1.67. The molecule has 4 heteroatoms. The minimum absolute atomic E-state index is 0.259. The summed E-state index contributed by atoms with van der Waals surface area (Å²) in [5.74, 6) is 0.259. The molecule has 0 aromatic carbocycles. The predicted octanol–water partition coefficient (Wildman–Crippen LogP) is 1.71. The van der Waals surface area contributed by atoms with E-state index >= 15 is 0 Å². The fraction of sp³-hybridized carbons (Fsp3) is 0.875. The SMILES string of the molecule is CCCCCC#N.CC[SH](=O)=O. The quantitative estimate of drug-likeness (QED) is 0.543. The highest BCUT2D eigenvalue weighted by atomic mass is 32.2. The Morgan fingerprint density at radius 1 is 1.25 bits per heavy atom. The normalized spacial score (nSPS) is 8.50. The minimum Gasteiger partial charge on any atom is -0.232 e. The lowest BCUT2D eigenvalue weighted by atomic mass is 10.2. The molecule has 12 heavy (non-hydrogen) atoms. The molecule has 0 aliphatic heterocycles. The maximum absolute atomic E-state index is 9.41. The molecule has 0 amide bonds. The van der Waals surface area contributed by atoms with Gasteiger partial charge in [0, 0.05) is 12.2 Å². The molecule has 0 N–H and O–H groups in total. The van der Waals surface area contributed by atoms with Crippen LogP contribution < -0.4 is 0 Å². The molecule has 0 saturated carbocycles. The van der Waals surface area contributed by atoms with Gasteiger partial charge in [-0.05, 0) is 6.42 Å². The highest BCUT2D eigenvalue weighted by Gasteiger charge is 1.79. The van der Waals surface area contributed by atoms with Gasteiger partial charge >= 0.3 is 0 Å². The first-order valence-corrected chi connectivity index (χ1v) is 5.54. The monoisotopic (exact) mass is 191 g/mol. The van der Waals surface area contributed by atoms with Crippen LogP contribution in [0, 0.1) is 11.3 Å². The second-order valence-electron chi connectivity index (χ2n) is 2.26. The smallest absolute Gasteiger partial charge is 0.139 e. The first-order chi connectivity index (χ1) is 5.68. The molecule has 0 aliphatic rings. The Balaban J connectivity index is 0. The molecule has 3 nitrogen and oxygen atoms in total. The number of hydrogen-bond donors (Lipinski definition) is 1. The number of thiol groups is 1. The molecule has 0 saturated heterocycles. The maximum Gasteiger partial charge on any atom is 0.139 e. The summed E-state index contributed by atoms with van der Waals surface area (Å²) in [6.07, 6.45) is 4.22. The Morgan fingerprint density at radius 3 is 2.00 bits per heavy atom. The van der Waals surface area contributed by atoms with Crippen LogP contribution in [0.2, 0.25) is 0 Å². The summed E-state index contributed by atoms with van der Waals surface area (Å²) in [6.45, 7) is 3.74. The van der Waals surface area contributed by atoms with Gasteiger partial charge in [0.2, 0.25) is 0 Å². The lowest BCUT2D eigenvalue weighted by Gasteiger charge is -1.84. The van der Waals surface area contributed by atoms with Crippen LogP contribution in [0.25, 0.3) is 0 Å². The van der Waals surface area contributed by atoms with Crippen LogP contribution in [-0.4, -0.2) is 14.2 Å². The van der Waals surface area contributed by atoms with Gasteiger partial charge in [0.1, 0.15) is 10.7 Å². The summed E-state index contributed by atoms with van der Waals surface area (Å²) in [4.78, 5) is 0. The van der Waals surface area contributed by atoms with Gasteiger partial charge in [-0.2, -0.15) is 5.26 Å². The summed E-state index contributed by atoms with van der Waals surface area (Å²) in [5, 5.41) is 8.04. The van der Waals surface area contributed by atoms with Crippen molar-refractivity contribution in [3.05, 3.63) is 0 Å². The van der Waals surface area contributed by atoms with Gasteiger partial charge < -0.3 is 0 Å². The van der Waals surface area contributed by atoms with Crippen LogP contribution in [0.4, 0.5) is 0 Å². The highest BCUT2D eigenvalue weighted by molar-refractivity contribution is 7.72. The van der Waals surface area contributed by atoms with E-state index in [9.17, 15) is 8.42 Å². The van der Waals surface area contributed by atoms with E-state index in [0.717, 1.165) is 12.8 Å². The summed E-state index contributed by atoms with van der Waals surface area (Å²) >= 11 is 0. The topological polar surface area (TPSA) is 57.9 Å². The van der Waals surface area contributed by atoms with E-state index in [4.69, 9.17) is 5.26 Å². The largest absolute Gasteiger partial charge is 0.232 e. The average molecular weight is 191 g/mol. The molecule has 0 aliphatic carbocycles. The van der Waals surface area contributed by atoms with Crippen molar-refractivity contribution in [2.75, 3.05) is 5.75 Å². The van der Waals surface area contributed by atoms with Crippen LogP contribution >= 0.6 is 0 Å². The second-order valence-corrected chi connectivity index (χ2v) is 3.56. The van der Waals surface area contributed by atoms with Crippen molar-refractivity contribution in [1.29, 1.82) is 5.26 Å². The van der Waals surface area contributed by atoms with Gasteiger partial charge in [-0.25, -0.2) is 8.42 Å². The number of hydrogen-bond acceptors (Lipinski definition) is 3. The first kappa shape index (κ1) is 14.0. The van der Waals surface area contributed by atoms with Gasteiger partial charge in [-0.15, -0.1) is 0 Å². The van der Waals surface area contributed by atoms with Crippen molar-refractivity contribution in [1.82, 2.24) is 0 Å². The Morgan fingerprint density at radius 2 is 1.75 bits per heavy atom. The van der Waals surface area contributed by atoms with Crippen LogP contribution in [-0.2, 0) is 10.7 Å². The summed E-state index contributed by atoms with van der Waals surface area (Å²) in [5.41, 5.74) is 0. The van der Waals surface area contributed by atoms with Crippen molar-refractivity contribution >= 4 is 10.7 Å². The molecular weight excluding hydrogens is 174 g/mol. The lowest BCUT2D eigenvalue weighted by molar-refractivity contribution is 0.615. The fourth-order valence-electron chi connectivity index (χ4n) is 0.454. The highest BCUT2D eigenvalue weighted by Crippen LogP contribution is 1.95. The molecule has 0 atom stereocenters. The van der Waals surface area contributed by atoms with Gasteiger partial charge in [-0.3, -0.25) is 0 Å². The number of rotatable bonds is 4. The van der Waals surface area contributed by atoms with E-state index in [1.54, 1.807) is 6.92 Å².